The van der Waals surface area contributed by atoms with E-state index >= 15 is 14.4 Å². The molecule has 1 N–H and O–H groups in total. The summed E-state index contributed by atoms with van der Waals surface area (Å²) in [5.74, 6) is 3.55. The number of imide groups is 1. The molecular formula is C55H54N6O9. The Morgan fingerprint density at radius 3 is 2.26 bits per heavy atom. The fourth-order valence-corrected chi connectivity index (χ4v) is 11.1. The van der Waals surface area contributed by atoms with E-state index in [-0.39, 0.29) is 38.7 Å². The Hall–Kier alpha value is -7.38. The Morgan fingerprint density at radius 2 is 1.50 bits per heavy atom. The zero-order chi connectivity index (χ0) is 48.2. The third-order valence-electron chi connectivity index (χ3n) is 14.0. The number of methoxy groups -OCH3 is 1. The maximum atomic E-state index is 16.6. The number of para-hydroxylation sites is 2. The highest BCUT2D eigenvalue weighted by Crippen LogP contribution is 2.67. The van der Waals surface area contributed by atoms with Gasteiger partial charge in [-0.2, -0.15) is 0 Å². The van der Waals surface area contributed by atoms with Crippen molar-refractivity contribution in [2.24, 2.45) is 5.92 Å². The molecule has 4 aliphatic rings. The fourth-order valence-electron chi connectivity index (χ4n) is 11.1. The van der Waals surface area contributed by atoms with Crippen molar-refractivity contribution in [2.75, 3.05) is 51.5 Å². The lowest BCUT2D eigenvalue weighted by Crippen LogP contribution is -2.56. The molecule has 15 heteroatoms. The number of benzene rings is 5. The van der Waals surface area contributed by atoms with Gasteiger partial charge in [-0.15, -0.1) is 5.10 Å². The van der Waals surface area contributed by atoms with Crippen LogP contribution in [0.15, 0.2) is 127 Å². The largest absolute Gasteiger partial charge is 0.491 e. The summed E-state index contributed by atoms with van der Waals surface area (Å²) < 4.78 is 25.7. The SMILES string of the molecule is COCCOC(=O)N1C(=O)[C@@]2(c3cc(C#CCn4nnc5ccccc54)ccc31)[C@H](C(=O)N1CCCCCCC1)[C@H]1C(=O)O[C@H](c3ccccc3)[C@H](c3ccccc3)N1[C@@H]2c1ccccc1OCCO. The Morgan fingerprint density at radius 1 is 0.800 bits per heavy atom. The molecule has 15 nitrogen and oxygen atoms in total. The number of carbonyl (C=O) groups is 4. The molecule has 70 heavy (non-hydrogen) atoms. The topological polar surface area (TPSA) is 166 Å². The zero-order valence-corrected chi connectivity index (χ0v) is 38.9. The van der Waals surface area contributed by atoms with Gasteiger partial charge >= 0.3 is 12.1 Å². The van der Waals surface area contributed by atoms with Crippen LogP contribution >= 0.6 is 0 Å². The molecular weight excluding hydrogens is 889 g/mol. The van der Waals surface area contributed by atoms with Crippen LogP contribution < -0.4 is 9.64 Å². The van der Waals surface area contributed by atoms with Gasteiger partial charge in [-0.3, -0.25) is 19.3 Å². The molecule has 0 saturated carbocycles. The van der Waals surface area contributed by atoms with E-state index in [1.54, 1.807) is 39.9 Å². The normalized spacial score (nSPS) is 23.2. The average molecular weight is 943 g/mol. The van der Waals surface area contributed by atoms with Crippen LogP contribution in [0.1, 0.15) is 78.1 Å². The molecule has 1 aromatic heterocycles. The van der Waals surface area contributed by atoms with E-state index in [0.29, 0.717) is 41.1 Å². The standard InChI is InChI=1S/C55H54N6O9/c1-67-34-35-69-54(66)60-43-28-27-37(18-17-31-59-44-25-13-12-24-42(44)56-57-59)36-41(43)55(53(60)65)46(51(63)58-29-15-3-2-4-16-30-58)48-52(64)70-49(39-21-9-6-10-22-39)47(38-19-7-5-8-20-38)61(48)50(55)40-23-11-14-26-45(40)68-33-32-62/h5-14,19-28,36,46-50,62H,2-4,15-16,29-35H2,1H3/t46-,47-,48-,49+,50+,55-/m0/s1. The maximum absolute atomic E-state index is 16.6. The van der Waals surface area contributed by atoms with E-state index in [2.05, 4.69) is 22.2 Å². The molecule has 5 heterocycles. The van der Waals surface area contributed by atoms with E-state index in [9.17, 15) is 9.90 Å². The van der Waals surface area contributed by atoms with E-state index in [4.69, 9.17) is 18.9 Å². The van der Waals surface area contributed by atoms with Gasteiger partial charge in [0.05, 0.1) is 42.4 Å². The van der Waals surface area contributed by atoms with Crippen molar-refractivity contribution in [2.45, 2.75) is 68.3 Å². The molecule has 3 amide bonds. The van der Waals surface area contributed by atoms with Crippen molar-refractivity contribution < 1.29 is 43.2 Å². The first-order valence-electron chi connectivity index (χ1n) is 24.0. The number of anilines is 1. The minimum Gasteiger partial charge on any atom is -0.491 e. The second kappa shape index (κ2) is 20.3. The molecule has 0 aliphatic carbocycles. The van der Waals surface area contributed by atoms with Crippen molar-refractivity contribution in [1.82, 2.24) is 24.8 Å². The molecule has 10 rings (SSSR count). The van der Waals surface area contributed by atoms with E-state index in [1.807, 2.05) is 102 Å². The van der Waals surface area contributed by atoms with E-state index < -0.39 is 59.4 Å². The van der Waals surface area contributed by atoms with Crippen LogP contribution in [0.2, 0.25) is 0 Å². The molecule has 358 valence electrons. The highest BCUT2D eigenvalue weighted by molar-refractivity contribution is 6.23. The van der Waals surface area contributed by atoms with Gasteiger partial charge in [-0.05, 0) is 65.9 Å². The summed E-state index contributed by atoms with van der Waals surface area (Å²) in [6, 6.07) is 35.7. The number of aliphatic hydroxyl groups excluding tert-OH is 1. The summed E-state index contributed by atoms with van der Waals surface area (Å²) in [5.41, 5.74) is 2.44. The molecule has 3 saturated heterocycles. The number of hydrogen-bond donors (Lipinski definition) is 1. The summed E-state index contributed by atoms with van der Waals surface area (Å²) in [6.45, 7) is 0.527. The number of esters is 1. The van der Waals surface area contributed by atoms with Gasteiger partial charge in [-0.25, -0.2) is 14.4 Å². The first-order valence-corrected chi connectivity index (χ1v) is 24.0. The Bertz CT molecular complexity index is 2950. The monoisotopic (exact) mass is 942 g/mol. The van der Waals surface area contributed by atoms with Gasteiger partial charge in [0.1, 0.15) is 48.6 Å². The summed E-state index contributed by atoms with van der Waals surface area (Å²) in [4.78, 5) is 68.0. The van der Waals surface area contributed by atoms with Crippen molar-refractivity contribution in [3.63, 3.8) is 0 Å². The number of likely N-dealkylation sites (tertiary alicyclic amines) is 1. The van der Waals surface area contributed by atoms with Crippen LogP contribution in [-0.4, -0.2) is 106 Å². The molecule has 0 radical (unpaired) electrons. The molecule has 1 spiro atoms. The summed E-state index contributed by atoms with van der Waals surface area (Å²) >= 11 is 0. The highest BCUT2D eigenvalue weighted by Gasteiger charge is 2.76. The fraction of sp³-hybridized carbons (Fsp3) is 0.345. The number of fused-ring (bicyclic) bond motifs is 4. The number of ether oxygens (including phenoxy) is 4. The number of aliphatic hydroxyl groups is 1. The third-order valence-corrected chi connectivity index (χ3v) is 14.0. The maximum Gasteiger partial charge on any atom is 0.421 e. The minimum atomic E-state index is -2.03. The number of morpholine rings is 1. The lowest BCUT2D eigenvalue weighted by atomic mass is 9.64. The number of carbonyl (C=O) groups excluding carboxylic acids is 4. The van der Waals surface area contributed by atoms with E-state index in [0.717, 1.165) is 53.6 Å². The first-order chi connectivity index (χ1) is 34.4. The van der Waals surface area contributed by atoms with Crippen molar-refractivity contribution in [1.29, 1.82) is 0 Å². The molecule has 0 unspecified atom stereocenters. The van der Waals surface area contributed by atoms with Gasteiger partial charge in [-0.1, -0.05) is 127 Å². The van der Waals surface area contributed by atoms with Gasteiger partial charge in [0.25, 0.3) is 0 Å². The number of aromatic nitrogens is 3. The van der Waals surface area contributed by atoms with Crippen molar-refractivity contribution >= 4 is 40.6 Å². The van der Waals surface area contributed by atoms with Gasteiger partial charge < -0.3 is 29.0 Å². The van der Waals surface area contributed by atoms with Gasteiger partial charge in [0.2, 0.25) is 11.8 Å². The second-order valence-electron chi connectivity index (χ2n) is 18.0. The Balaban J connectivity index is 1.26. The highest BCUT2D eigenvalue weighted by atomic mass is 16.6. The molecule has 5 aromatic carbocycles. The lowest BCUT2D eigenvalue weighted by molar-refractivity contribution is -0.179. The zero-order valence-electron chi connectivity index (χ0n) is 38.9. The molecule has 6 aromatic rings. The molecule has 3 fully saturated rings. The predicted octanol–water partition coefficient (Wildman–Crippen LogP) is 7.10. The van der Waals surface area contributed by atoms with Crippen LogP contribution in [0.25, 0.3) is 11.0 Å². The Labute approximate surface area is 405 Å². The molecule has 0 bridgehead atoms. The predicted molar refractivity (Wildman–Crippen MR) is 258 cm³/mol. The summed E-state index contributed by atoms with van der Waals surface area (Å²) in [7, 11) is 1.48. The molecule has 6 atom stereocenters. The van der Waals surface area contributed by atoms with Crippen LogP contribution in [0.5, 0.6) is 5.75 Å². The smallest absolute Gasteiger partial charge is 0.421 e. The first kappa shape index (κ1) is 46.4. The number of cyclic esters (lactones) is 1. The number of rotatable bonds is 11. The van der Waals surface area contributed by atoms with Crippen LogP contribution in [0, 0.1) is 17.8 Å². The van der Waals surface area contributed by atoms with Gasteiger partial charge in [0.15, 0.2) is 0 Å². The second-order valence-corrected chi connectivity index (χ2v) is 18.0. The van der Waals surface area contributed by atoms with Crippen molar-refractivity contribution in [3.05, 3.63) is 155 Å². The average Bonchev–Trinajstić information content (AvgIpc) is 4.02. The van der Waals surface area contributed by atoms with Gasteiger partial charge in [0, 0.05) is 31.3 Å². The summed E-state index contributed by atoms with van der Waals surface area (Å²) in [6.07, 6.45) is 2.46. The Kier molecular flexibility index (Phi) is 13.4. The van der Waals surface area contributed by atoms with E-state index in [1.165, 1.54) is 7.11 Å². The molecule has 4 aliphatic heterocycles. The van der Waals surface area contributed by atoms with Crippen LogP contribution in [0.3, 0.4) is 0 Å². The quantitative estimate of drug-likeness (QED) is 0.0798. The number of nitrogens with zero attached hydrogens (tertiary/aromatic N) is 6. The lowest BCUT2D eigenvalue weighted by Gasteiger charge is -2.46. The summed E-state index contributed by atoms with van der Waals surface area (Å²) in [5, 5.41) is 18.7. The number of hydrogen-bond acceptors (Lipinski definition) is 12. The number of amides is 3. The van der Waals surface area contributed by atoms with Crippen LogP contribution in [-0.2, 0) is 40.6 Å². The van der Waals surface area contributed by atoms with Crippen molar-refractivity contribution in [3.8, 4) is 17.6 Å². The minimum absolute atomic E-state index is 0.0664. The third kappa shape index (κ3) is 8.25. The van der Waals surface area contributed by atoms with Crippen LogP contribution in [0.4, 0.5) is 10.5 Å².